The number of aryl methyl sites for hydroxylation is 1. The monoisotopic (exact) mass is 471 g/mol. The van der Waals surface area contributed by atoms with E-state index in [0.717, 1.165) is 12.0 Å². The minimum absolute atomic E-state index is 0.0552. The molecule has 3 fully saturated rings. The minimum atomic E-state index is -3.98. The van der Waals surface area contributed by atoms with E-state index in [-0.39, 0.29) is 21.9 Å². The van der Waals surface area contributed by atoms with Gasteiger partial charge in [0, 0.05) is 36.8 Å². The van der Waals surface area contributed by atoms with Crippen LogP contribution in [0.5, 0.6) is 0 Å². The topological polar surface area (TPSA) is 135 Å². The van der Waals surface area contributed by atoms with Crippen LogP contribution in [0.25, 0.3) is 10.9 Å². The summed E-state index contributed by atoms with van der Waals surface area (Å²) in [7, 11) is -7.65. The number of aromatic amines is 1. The molecule has 0 spiro atoms. The van der Waals surface area contributed by atoms with E-state index in [1.807, 2.05) is 6.92 Å². The number of fused-ring (bicyclic) bond motifs is 3. The molecule has 166 valence electrons. The molecule has 9 nitrogen and oxygen atoms in total. The van der Waals surface area contributed by atoms with Crippen molar-refractivity contribution < 1.29 is 16.8 Å². The number of nitrogens with one attached hydrogen (secondary N) is 3. The highest BCUT2D eigenvalue weighted by atomic mass is 32.2. The molecule has 3 saturated heterocycles. The Balaban J connectivity index is 1.42. The Hall–Kier alpha value is -2.91. The van der Waals surface area contributed by atoms with Gasteiger partial charge in [-0.05, 0) is 49.2 Å². The van der Waals surface area contributed by atoms with E-state index in [1.54, 1.807) is 12.1 Å². The number of piperazine rings is 1. The maximum absolute atomic E-state index is 13.0. The van der Waals surface area contributed by atoms with Gasteiger partial charge in [0.05, 0.1) is 26.6 Å². The SMILES string of the molecule is Cc1ccc(NS(=O)(=O)c2ccc(S(=O)(=O)N3CC4C[C@@H](C3)N4)cc2)c2[nH]cc(C#N)c12. The number of sulfonamides is 2. The Bertz CT molecular complexity index is 1450. The fourth-order valence-electron chi connectivity index (χ4n) is 4.41. The zero-order chi connectivity index (χ0) is 22.7. The lowest BCUT2D eigenvalue weighted by atomic mass is 9.93. The predicted octanol–water partition coefficient (Wildman–Crippen LogP) is 1.88. The Kier molecular flexibility index (Phi) is 4.79. The van der Waals surface area contributed by atoms with E-state index >= 15 is 0 Å². The summed E-state index contributed by atoms with van der Waals surface area (Å²) in [6.45, 7) is 2.69. The average molecular weight is 472 g/mol. The van der Waals surface area contributed by atoms with E-state index in [0.29, 0.717) is 35.2 Å². The van der Waals surface area contributed by atoms with Gasteiger partial charge in [0.1, 0.15) is 6.07 Å². The van der Waals surface area contributed by atoms with Gasteiger partial charge in [0.2, 0.25) is 10.0 Å². The summed E-state index contributed by atoms with van der Waals surface area (Å²) >= 11 is 0. The summed E-state index contributed by atoms with van der Waals surface area (Å²) < 4.78 is 55.7. The molecule has 0 radical (unpaired) electrons. The Morgan fingerprint density at radius 2 is 1.66 bits per heavy atom. The van der Waals surface area contributed by atoms with Gasteiger partial charge in [-0.1, -0.05) is 6.07 Å². The van der Waals surface area contributed by atoms with Crippen LogP contribution >= 0.6 is 0 Å². The number of anilines is 1. The highest BCUT2D eigenvalue weighted by Gasteiger charge is 2.41. The van der Waals surface area contributed by atoms with Crippen LogP contribution in [0.4, 0.5) is 5.69 Å². The molecular formula is C21H21N5O4S2. The molecule has 3 aliphatic heterocycles. The van der Waals surface area contributed by atoms with Crippen LogP contribution in [0.2, 0.25) is 0 Å². The second-order valence-electron chi connectivity index (χ2n) is 8.19. The largest absolute Gasteiger partial charge is 0.358 e. The standard InChI is InChI=1S/C21H21N5O4S2/c1-13-2-7-19(21-20(13)14(9-22)10-23-21)25-31(27,28)17-3-5-18(6-4-17)32(29,30)26-11-15-8-16(12-26)24-15/h2-7,10,15-16,23-25H,8,11-12H2,1H3/t15-,16?/m0/s1. The molecule has 4 heterocycles. The highest BCUT2D eigenvalue weighted by Crippen LogP contribution is 2.31. The molecule has 1 aromatic heterocycles. The van der Waals surface area contributed by atoms with Crippen LogP contribution in [0.3, 0.4) is 0 Å². The summed E-state index contributed by atoms with van der Waals surface area (Å²) in [6, 6.07) is 11.1. The van der Waals surface area contributed by atoms with Gasteiger partial charge in [-0.15, -0.1) is 0 Å². The molecule has 2 bridgehead atoms. The number of aromatic nitrogens is 1. The molecule has 11 heteroatoms. The van der Waals surface area contributed by atoms with Gasteiger partial charge in [-0.2, -0.15) is 9.57 Å². The second kappa shape index (κ2) is 7.31. The van der Waals surface area contributed by atoms with Crippen LogP contribution in [0.1, 0.15) is 17.5 Å². The van der Waals surface area contributed by atoms with Crippen molar-refractivity contribution in [3.8, 4) is 6.07 Å². The number of nitrogens with zero attached hydrogens (tertiary/aromatic N) is 2. The normalized spacial score (nSPS) is 21.1. The van der Waals surface area contributed by atoms with Gasteiger partial charge in [-0.3, -0.25) is 4.72 Å². The summed E-state index contributed by atoms with van der Waals surface area (Å²) in [6.07, 6.45) is 2.52. The van der Waals surface area contributed by atoms with Gasteiger partial charge in [-0.25, -0.2) is 16.8 Å². The van der Waals surface area contributed by atoms with E-state index in [2.05, 4.69) is 21.1 Å². The first-order valence-electron chi connectivity index (χ1n) is 10.1. The first-order valence-corrected chi connectivity index (χ1v) is 13.0. The summed E-state index contributed by atoms with van der Waals surface area (Å²) in [5, 5.41) is 13.2. The molecule has 2 aromatic carbocycles. The number of nitriles is 1. The summed E-state index contributed by atoms with van der Waals surface area (Å²) in [5.41, 5.74) is 2.10. The molecule has 32 heavy (non-hydrogen) atoms. The molecule has 3 aromatic rings. The number of rotatable bonds is 5. The van der Waals surface area contributed by atoms with Crippen molar-refractivity contribution in [2.75, 3.05) is 17.8 Å². The molecule has 1 unspecified atom stereocenters. The smallest absolute Gasteiger partial charge is 0.261 e. The van der Waals surface area contributed by atoms with Crippen molar-refractivity contribution >= 4 is 36.6 Å². The molecule has 3 aliphatic rings. The third-order valence-electron chi connectivity index (χ3n) is 6.07. The van der Waals surface area contributed by atoms with Crippen molar-refractivity contribution in [3.63, 3.8) is 0 Å². The van der Waals surface area contributed by atoms with Crippen molar-refractivity contribution in [3.05, 3.63) is 53.7 Å². The second-order valence-corrected chi connectivity index (χ2v) is 11.8. The lowest BCUT2D eigenvalue weighted by Crippen LogP contribution is -2.67. The third kappa shape index (κ3) is 3.36. The average Bonchev–Trinajstić information content (AvgIpc) is 3.21. The first-order chi connectivity index (χ1) is 15.2. The maximum atomic E-state index is 13.0. The van der Waals surface area contributed by atoms with Crippen LogP contribution in [-0.4, -0.2) is 51.3 Å². The van der Waals surface area contributed by atoms with E-state index in [1.165, 1.54) is 34.8 Å². The van der Waals surface area contributed by atoms with Crippen molar-refractivity contribution in [1.29, 1.82) is 5.26 Å². The zero-order valence-corrected chi connectivity index (χ0v) is 18.8. The summed E-state index contributed by atoms with van der Waals surface area (Å²) in [4.78, 5) is 2.97. The van der Waals surface area contributed by atoms with Crippen LogP contribution in [-0.2, 0) is 20.0 Å². The van der Waals surface area contributed by atoms with Gasteiger partial charge < -0.3 is 10.3 Å². The Morgan fingerprint density at radius 1 is 1.03 bits per heavy atom. The van der Waals surface area contributed by atoms with E-state index < -0.39 is 20.0 Å². The number of benzene rings is 2. The van der Waals surface area contributed by atoms with Crippen molar-refractivity contribution in [2.45, 2.75) is 35.2 Å². The highest BCUT2D eigenvalue weighted by molar-refractivity contribution is 7.92. The van der Waals surface area contributed by atoms with E-state index in [9.17, 15) is 22.1 Å². The van der Waals surface area contributed by atoms with Gasteiger partial charge >= 0.3 is 0 Å². The van der Waals surface area contributed by atoms with Crippen LogP contribution in [0.15, 0.2) is 52.4 Å². The maximum Gasteiger partial charge on any atom is 0.261 e. The molecule has 2 atom stereocenters. The molecule has 3 N–H and O–H groups in total. The lowest BCUT2D eigenvalue weighted by molar-refractivity contribution is 0.136. The molecule has 0 aliphatic carbocycles. The zero-order valence-electron chi connectivity index (χ0n) is 17.2. The van der Waals surface area contributed by atoms with E-state index in [4.69, 9.17) is 0 Å². The Labute approximate surface area is 186 Å². The third-order valence-corrected chi connectivity index (χ3v) is 9.30. The number of hydrogen-bond donors (Lipinski definition) is 3. The minimum Gasteiger partial charge on any atom is -0.358 e. The van der Waals surface area contributed by atoms with Crippen molar-refractivity contribution in [1.82, 2.24) is 14.6 Å². The molecule has 0 amide bonds. The van der Waals surface area contributed by atoms with Gasteiger partial charge in [0.15, 0.2) is 0 Å². The van der Waals surface area contributed by atoms with Crippen LogP contribution in [0, 0.1) is 18.3 Å². The fraction of sp³-hybridized carbons (Fsp3) is 0.286. The van der Waals surface area contributed by atoms with Crippen molar-refractivity contribution in [2.24, 2.45) is 0 Å². The summed E-state index contributed by atoms with van der Waals surface area (Å²) in [5.74, 6) is 0. The number of hydrogen-bond acceptors (Lipinski definition) is 6. The molecular weight excluding hydrogens is 450 g/mol. The first kappa shape index (κ1) is 21.0. The molecule has 6 rings (SSSR count). The Morgan fingerprint density at radius 3 is 2.28 bits per heavy atom. The quantitative estimate of drug-likeness (QED) is 0.520. The predicted molar refractivity (Wildman–Crippen MR) is 119 cm³/mol. The number of H-pyrrole nitrogens is 1. The number of piperidine rings is 1. The van der Waals surface area contributed by atoms with Gasteiger partial charge in [0.25, 0.3) is 10.0 Å². The molecule has 0 saturated carbocycles. The van der Waals surface area contributed by atoms with Crippen LogP contribution < -0.4 is 10.0 Å². The lowest BCUT2D eigenvalue weighted by Gasteiger charge is -2.47. The fourth-order valence-corrected chi connectivity index (χ4v) is 7.01.